The van der Waals surface area contributed by atoms with E-state index >= 15 is 0 Å². The highest BCUT2D eigenvalue weighted by atomic mass is 35.5. The van der Waals surface area contributed by atoms with Crippen LogP contribution in [0.3, 0.4) is 0 Å². The maximum Gasteiger partial charge on any atom is 0.339 e. The first-order chi connectivity index (χ1) is 13.0. The van der Waals surface area contributed by atoms with Gasteiger partial charge < -0.3 is 10.1 Å². The predicted octanol–water partition coefficient (Wildman–Crippen LogP) is 4.58. The highest BCUT2D eigenvalue weighted by Crippen LogP contribution is 2.23. The molecule has 0 bridgehead atoms. The van der Waals surface area contributed by atoms with E-state index in [-0.39, 0.29) is 16.8 Å². The molecule has 0 fully saturated rings. The minimum absolute atomic E-state index is 0.178. The summed E-state index contributed by atoms with van der Waals surface area (Å²) < 4.78 is 5.15. The molecule has 3 aromatic rings. The SMILES string of the molecule is C[C@H](NC(=O)COC(=O)c1cc(Cl)nc2ccccc12)c1ccccc1Cl. The molecule has 0 saturated heterocycles. The fourth-order valence-corrected chi connectivity index (χ4v) is 3.21. The van der Waals surface area contributed by atoms with E-state index in [9.17, 15) is 9.59 Å². The van der Waals surface area contributed by atoms with Gasteiger partial charge in [-0.2, -0.15) is 0 Å². The summed E-state index contributed by atoms with van der Waals surface area (Å²) in [7, 11) is 0. The van der Waals surface area contributed by atoms with E-state index in [0.29, 0.717) is 15.9 Å². The molecular weight excluding hydrogens is 387 g/mol. The maximum atomic E-state index is 12.4. The Kier molecular flexibility index (Phi) is 5.94. The van der Waals surface area contributed by atoms with Gasteiger partial charge in [-0.1, -0.05) is 59.6 Å². The standard InChI is InChI=1S/C20H16Cl2N2O3/c1-12(13-6-2-4-8-16(13)21)23-19(25)11-27-20(26)15-10-18(22)24-17-9-5-3-7-14(15)17/h2-10,12H,11H2,1H3,(H,23,25)/t12-/m0/s1. The van der Waals surface area contributed by atoms with Crippen molar-refractivity contribution in [2.75, 3.05) is 6.61 Å². The third-order valence-corrected chi connectivity index (χ3v) is 4.53. The highest BCUT2D eigenvalue weighted by molar-refractivity contribution is 6.31. The largest absolute Gasteiger partial charge is 0.452 e. The van der Waals surface area contributed by atoms with E-state index in [2.05, 4.69) is 10.3 Å². The van der Waals surface area contributed by atoms with E-state index < -0.39 is 18.5 Å². The Morgan fingerprint density at radius 2 is 1.81 bits per heavy atom. The van der Waals surface area contributed by atoms with Crippen LogP contribution in [0.15, 0.2) is 54.6 Å². The summed E-state index contributed by atoms with van der Waals surface area (Å²) in [5, 5.41) is 4.10. The van der Waals surface area contributed by atoms with Gasteiger partial charge in [0, 0.05) is 10.4 Å². The first kappa shape index (κ1) is 19.1. The van der Waals surface area contributed by atoms with Gasteiger partial charge in [0.25, 0.3) is 5.91 Å². The van der Waals surface area contributed by atoms with Crippen LogP contribution in [0, 0.1) is 0 Å². The molecule has 3 rings (SSSR count). The number of carbonyl (C=O) groups excluding carboxylic acids is 2. The number of carbonyl (C=O) groups is 2. The molecule has 2 aromatic carbocycles. The Balaban J connectivity index is 1.66. The molecule has 0 aliphatic carbocycles. The Bertz CT molecular complexity index is 1010. The molecule has 0 aliphatic heterocycles. The minimum Gasteiger partial charge on any atom is -0.452 e. The topological polar surface area (TPSA) is 68.3 Å². The van der Waals surface area contributed by atoms with Gasteiger partial charge in [0.2, 0.25) is 0 Å². The molecule has 1 heterocycles. The third kappa shape index (κ3) is 4.56. The Labute approximate surface area is 166 Å². The van der Waals surface area contributed by atoms with Gasteiger partial charge in [-0.05, 0) is 30.7 Å². The predicted molar refractivity (Wildman–Crippen MR) is 105 cm³/mol. The Hall–Kier alpha value is -2.63. The molecule has 1 atom stereocenters. The van der Waals surface area contributed by atoms with Crippen LogP contribution >= 0.6 is 23.2 Å². The number of aromatic nitrogens is 1. The smallest absolute Gasteiger partial charge is 0.339 e. The zero-order chi connectivity index (χ0) is 19.4. The summed E-state index contributed by atoms with van der Waals surface area (Å²) in [6, 6.07) is 15.4. The summed E-state index contributed by atoms with van der Waals surface area (Å²) >= 11 is 12.1. The van der Waals surface area contributed by atoms with Crippen LogP contribution in [0.5, 0.6) is 0 Å². The van der Waals surface area contributed by atoms with Crippen LogP contribution in [0.25, 0.3) is 10.9 Å². The molecule has 1 aromatic heterocycles. The fourth-order valence-electron chi connectivity index (χ4n) is 2.71. The Morgan fingerprint density at radius 3 is 2.59 bits per heavy atom. The maximum absolute atomic E-state index is 12.4. The lowest BCUT2D eigenvalue weighted by Crippen LogP contribution is -2.31. The van der Waals surface area contributed by atoms with Crippen molar-refractivity contribution < 1.29 is 14.3 Å². The summed E-state index contributed by atoms with van der Waals surface area (Å²) in [4.78, 5) is 28.7. The van der Waals surface area contributed by atoms with Crippen molar-refractivity contribution in [2.24, 2.45) is 0 Å². The number of amides is 1. The van der Waals surface area contributed by atoms with Crippen LogP contribution in [-0.2, 0) is 9.53 Å². The summed E-state index contributed by atoms with van der Waals surface area (Å²) in [5.41, 5.74) is 1.62. The van der Waals surface area contributed by atoms with Gasteiger partial charge in [0.05, 0.1) is 17.1 Å². The van der Waals surface area contributed by atoms with Crippen LogP contribution in [-0.4, -0.2) is 23.5 Å². The van der Waals surface area contributed by atoms with Crippen molar-refractivity contribution in [3.05, 3.63) is 75.9 Å². The number of hydrogen-bond donors (Lipinski definition) is 1. The molecule has 1 amide bonds. The van der Waals surface area contributed by atoms with E-state index in [4.69, 9.17) is 27.9 Å². The monoisotopic (exact) mass is 402 g/mol. The number of fused-ring (bicyclic) bond motifs is 1. The highest BCUT2D eigenvalue weighted by Gasteiger charge is 2.17. The Morgan fingerprint density at radius 1 is 1.11 bits per heavy atom. The molecule has 138 valence electrons. The van der Waals surface area contributed by atoms with E-state index in [0.717, 1.165) is 5.56 Å². The summed E-state index contributed by atoms with van der Waals surface area (Å²) in [5.74, 6) is -1.07. The lowest BCUT2D eigenvalue weighted by Gasteiger charge is -2.15. The number of esters is 1. The first-order valence-electron chi connectivity index (χ1n) is 8.22. The second-order valence-corrected chi connectivity index (χ2v) is 6.69. The quantitative estimate of drug-likeness (QED) is 0.500. The number of halogens is 2. The van der Waals surface area contributed by atoms with Gasteiger partial charge in [-0.3, -0.25) is 4.79 Å². The lowest BCUT2D eigenvalue weighted by atomic mass is 10.1. The number of para-hydroxylation sites is 1. The van der Waals surface area contributed by atoms with Crippen molar-refractivity contribution in [3.63, 3.8) is 0 Å². The number of benzene rings is 2. The van der Waals surface area contributed by atoms with Crippen LogP contribution in [0.4, 0.5) is 0 Å². The van der Waals surface area contributed by atoms with Crippen molar-refractivity contribution in [1.29, 1.82) is 0 Å². The second-order valence-electron chi connectivity index (χ2n) is 5.90. The van der Waals surface area contributed by atoms with Crippen molar-refractivity contribution in [2.45, 2.75) is 13.0 Å². The van der Waals surface area contributed by atoms with Gasteiger partial charge >= 0.3 is 5.97 Å². The van der Waals surface area contributed by atoms with Crippen molar-refractivity contribution in [1.82, 2.24) is 10.3 Å². The molecule has 0 spiro atoms. The van der Waals surface area contributed by atoms with E-state index in [1.165, 1.54) is 6.07 Å². The van der Waals surface area contributed by atoms with Crippen molar-refractivity contribution >= 4 is 46.0 Å². The summed E-state index contributed by atoms with van der Waals surface area (Å²) in [6.07, 6.45) is 0. The van der Waals surface area contributed by atoms with Gasteiger partial charge in [0.1, 0.15) is 5.15 Å². The molecular formula is C20H16Cl2N2O3. The van der Waals surface area contributed by atoms with Gasteiger partial charge in [0.15, 0.2) is 6.61 Å². The van der Waals surface area contributed by atoms with Crippen LogP contribution in [0.1, 0.15) is 28.9 Å². The number of hydrogen-bond acceptors (Lipinski definition) is 4. The zero-order valence-electron chi connectivity index (χ0n) is 14.4. The van der Waals surface area contributed by atoms with Crippen LogP contribution in [0.2, 0.25) is 10.2 Å². The molecule has 27 heavy (non-hydrogen) atoms. The molecule has 1 N–H and O–H groups in total. The number of ether oxygens (including phenoxy) is 1. The first-order valence-corrected chi connectivity index (χ1v) is 8.97. The van der Waals surface area contributed by atoms with Gasteiger partial charge in [-0.15, -0.1) is 0 Å². The average Bonchev–Trinajstić information content (AvgIpc) is 2.65. The summed E-state index contributed by atoms with van der Waals surface area (Å²) in [6.45, 7) is 1.39. The lowest BCUT2D eigenvalue weighted by molar-refractivity contribution is -0.124. The second kappa shape index (κ2) is 8.37. The molecule has 0 aliphatic rings. The number of rotatable bonds is 5. The number of pyridine rings is 1. The fraction of sp³-hybridized carbons (Fsp3) is 0.150. The molecule has 7 heteroatoms. The van der Waals surface area contributed by atoms with Crippen LogP contribution < -0.4 is 5.32 Å². The van der Waals surface area contributed by atoms with Crippen molar-refractivity contribution in [3.8, 4) is 0 Å². The molecule has 0 saturated carbocycles. The molecule has 0 unspecified atom stereocenters. The molecule has 5 nitrogen and oxygen atoms in total. The van der Waals surface area contributed by atoms with Gasteiger partial charge in [-0.25, -0.2) is 9.78 Å². The zero-order valence-corrected chi connectivity index (χ0v) is 15.9. The normalized spacial score (nSPS) is 11.8. The third-order valence-electron chi connectivity index (χ3n) is 3.99. The number of nitrogens with one attached hydrogen (secondary N) is 1. The van der Waals surface area contributed by atoms with E-state index in [1.54, 1.807) is 37.3 Å². The van der Waals surface area contributed by atoms with E-state index in [1.807, 2.05) is 18.2 Å². The number of nitrogens with zero attached hydrogens (tertiary/aromatic N) is 1. The molecule has 0 radical (unpaired) electrons. The minimum atomic E-state index is -0.643. The average molecular weight is 403 g/mol.